The molecule has 0 unspecified atom stereocenters. The SMILES string of the molecule is COc1nc(-c2ccccc2)ccc1CSc1[c]cccc1. The Morgan fingerprint density at radius 3 is 2.55 bits per heavy atom. The second-order valence-corrected chi connectivity index (χ2v) is 5.76. The maximum absolute atomic E-state index is 5.46. The molecule has 3 rings (SSSR count). The molecule has 2 nitrogen and oxygen atoms in total. The molecule has 0 N–H and O–H groups in total. The third-order valence-electron chi connectivity index (χ3n) is 3.27. The fourth-order valence-corrected chi connectivity index (χ4v) is 3.00. The molecule has 109 valence electrons. The molecular formula is C19H16NOS. The minimum Gasteiger partial charge on any atom is -0.481 e. The predicted octanol–water partition coefficient (Wildman–Crippen LogP) is 4.85. The van der Waals surface area contributed by atoms with Gasteiger partial charge in [0.15, 0.2) is 0 Å². The van der Waals surface area contributed by atoms with Crippen LogP contribution in [0.2, 0.25) is 0 Å². The zero-order valence-electron chi connectivity index (χ0n) is 12.3. The van der Waals surface area contributed by atoms with E-state index in [1.807, 2.05) is 42.5 Å². The van der Waals surface area contributed by atoms with Gasteiger partial charge in [0.05, 0.1) is 12.8 Å². The summed E-state index contributed by atoms with van der Waals surface area (Å²) in [6.45, 7) is 0. The van der Waals surface area contributed by atoms with E-state index in [2.05, 4.69) is 35.3 Å². The van der Waals surface area contributed by atoms with Crippen molar-refractivity contribution in [2.24, 2.45) is 0 Å². The quantitative estimate of drug-likeness (QED) is 0.629. The summed E-state index contributed by atoms with van der Waals surface area (Å²) < 4.78 is 5.46. The summed E-state index contributed by atoms with van der Waals surface area (Å²) >= 11 is 1.73. The molecular weight excluding hydrogens is 290 g/mol. The van der Waals surface area contributed by atoms with Crippen molar-refractivity contribution in [2.75, 3.05) is 7.11 Å². The van der Waals surface area contributed by atoms with Crippen LogP contribution < -0.4 is 4.74 Å². The van der Waals surface area contributed by atoms with Crippen LogP contribution in [-0.2, 0) is 5.75 Å². The Hall–Kier alpha value is -2.26. The van der Waals surface area contributed by atoms with Crippen LogP contribution >= 0.6 is 11.8 Å². The molecule has 0 aliphatic heterocycles. The van der Waals surface area contributed by atoms with Gasteiger partial charge >= 0.3 is 0 Å². The third kappa shape index (κ3) is 3.49. The standard InChI is InChI=1S/C19H16NOS/c1-21-19-16(14-22-17-10-6-3-7-11-17)12-13-18(20-19)15-8-4-2-5-9-15/h2-10,12-13H,14H2,1H3. The monoisotopic (exact) mass is 306 g/mol. The number of nitrogens with zero attached hydrogens (tertiary/aromatic N) is 1. The van der Waals surface area contributed by atoms with Crippen LogP contribution in [0, 0.1) is 6.07 Å². The summed E-state index contributed by atoms with van der Waals surface area (Å²) in [4.78, 5) is 5.75. The summed E-state index contributed by atoms with van der Waals surface area (Å²) in [5.74, 6) is 1.50. The maximum atomic E-state index is 5.46. The lowest BCUT2D eigenvalue weighted by molar-refractivity contribution is 0.395. The van der Waals surface area contributed by atoms with E-state index >= 15 is 0 Å². The first-order valence-corrected chi connectivity index (χ1v) is 8.04. The van der Waals surface area contributed by atoms with Gasteiger partial charge in [0, 0.05) is 21.8 Å². The van der Waals surface area contributed by atoms with Gasteiger partial charge in [-0.05, 0) is 18.2 Å². The van der Waals surface area contributed by atoms with Gasteiger partial charge in [0.2, 0.25) is 5.88 Å². The highest BCUT2D eigenvalue weighted by molar-refractivity contribution is 7.98. The van der Waals surface area contributed by atoms with E-state index in [9.17, 15) is 0 Å². The van der Waals surface area contributed by atoms with Gasteiger partial charge in [-0.3, -0.25) is 0 Å². The van der Waals surface area contributed by atoms with Crippen molar-refractivity contribution in [1.29, 1.82) is 0 Å². The summed E-state index contributed by atoms with van der Waals surface area (Å²) in [6, 6.07) is 25.5. The number of methoxy groups -OCH3 is 1. The molecule has 1 heterocycles. The molecule has 0 saturated heterocycles. The molecule has 22 heavy (non-hydrogen) atoms. The number of aromatic nitrogens is 1. The molecule has 1 radical (unpaired) electrons. The highest BCUT2D eigenvalue weighted by Gasteiger charge is 2.08. The summed E-state index contributed by atoms with van der Waals surface area (Å²) in [5.41, 5.74) is 3.11. The number of rotatable bonds is 5. The van der Waals surface area contributed by atoms with Crippen LogP contribution in [0.3, 0.4) is 0 Å². The van der Waals surface area contributed by atoms with Crippen LogP contribution in [0.1, 0.15) is 5.56 Å². The van der Waals surface area contributed by atoms with Gasteiger partial charge in [0.25, 0.3) is 0 Å². The molecule has 1 aromatic heterocycles. The van der Waals surface area contributed by atoms with Crippen molar-refractivity contribution >= 4 is 11.8 Å². The first-order chi connectivity index (χ1) is 10.9. The zero-order valence-corrected chi connectivity index (χ0v) is 13.1. The van der Waals surface area contributed by atoms with E-state index < -0.39 is 0 Å². The topological polar surface area (TPSA) is 22.1 Å². The van der Waals surface area contributed by atoms with Gasteiger partial charge in [-0.25, -0.2) is 4.98 Å². The Kier molecular flexibility index (Phi) is 4.76. The lowest BCUT2D eigenvalue weighted by Crippen LogP contribution is -1.95. The lowest BCUT2D eigenvalue weighted by atomic mass is 10.1. The first kappa shape index (κ1) is 14.7. The summed E-state index contributed by atoms with van der Waals surface area (Å²) in [5, 5.41) is 0. The second kappa shape index (κ2) is 7.14. The third-order valence-corrected chi connectivity index (χ3v) is 4.29. The van der Waals surface area contributed by atoms with Crippen molar-refractivity contribution < 1.29 is 4.74 Å². The molecule has 0 atom stereocenters. The predicted molar refractivity (Wildman–Crippen MR) is 91.1 cm³/mol. The molecule has 0 aliphatic carbocycles. The minimum atomic E-state index is 0.685. The molecule has 0 amide bonds. The lowest BCUT2D eigenvalue weighted by Gasteiger charge is -2.09. The number of pyridine rings is 1. The van der Waals surface area contributed by atoms with E-state index in [1.165, 1.54) is 0 Å². The van der Waals surface area contributed by atoms with E-state index in [-0.39, 0.29) is 0 Å². The van der Waals surface area contributed by atoms with Crippen molar-refractivity contribution in [3.8, 4) is 17.1 Å². The second-order valence-electron chi connectivity index (χ2n) is 4.75. The highest BCUT2D eigenvalue weighted by atomic mass is 32.2. The number of benzene rings is 2. The Morgan fingerprint density at radius 2 is 1.82 bits per heavy atom. The molecule has 2 aromatic carbocycles. The van der Waals surface area contributed by atoms with Crippen molar-refractivity contribution in [1.82, 2.24) is 4.98 Å². The van der Waals surface area contributed by atoms with Crippen molar-refractivity contribution in [2.45, 2.75) is 10.6 Å². The molecule has 0 bridgehead atoms. The van der Waals surface area contributed by atoms with Crippen LogP contribution in [0.5, 0.6) is 5.88 Å². The fourth-order valence-electron chi connectivity index (χ4n) is 2.15. The van der Waals surface area contributed by atoms with Gasteiger partial charge < -0.3 is 4.74 Å². The van der Waals surface area contributed by atoms with Crippen LogP contribution in [0.25, 0.3) is 11.3 Å². The molecule has 0 fully saturated rings. The zero-order chi connectivity index (χ0) is 15.2. The van der Waals surface area contributed by atoms with E-state index in [0.29, 0.717) is 5.88 Å². The van der Waals surface area contributed by atoms with E-state index in [4.69, 9.17) is 4.74 Å². The normalized spacial score (nSPS) is 10.4. The van der Waals surface area contributed by atoms with E-state index in [1.54, 1.807) is 18.9 Å². The Bertz CT molecular complexity index is 729. The van der Waals surface area contributed by atoms with Crippen molar-refractivity contribution in [3.63, 3.8) is 0 Å². The average molecular weight is 306 g/mol. The maximum Gasteiger partial charge on any atom is 0.217 e. The summed E-state index contributed by atoms with van der Waals surface area (Å²) in [6.07, 6.45) is 0. The Labute approximate surface area is 135 Å². The van der Waals surface area contributed by atoms with Crippen molar-refractivity contribution in [3.05, 3.63) is 78.4 Å². The number of hydrogen-bond acceptors (Lipinski definition) is 3. The molecule has 0 aliphatic rings. The van der Waals surface area contributed by atoms with Gasteiger partial charge in [-0.1, -0.05) is 54.6 Å². The van der Waals surface area contributed by atoms with Crippen LogP contribution in [0.15, 0.2) is 71.6 Å². The minimum absolute atomic E-state index is 0.685. The fraction of sp³-hybridized carbons (Fsp3) is 0.105. The number of hydrogen-bond donors (Lipinski definition) is 0. The molecule has 3 aromatic rings. The highest BCUT2D eigenvalue weighted by Crippen LogP contribution is 2.28. The Morgan fingerprint density at radius 1 is 1.00 bits per heavy atom. The molecule has 0 saturated carbocycles. The molecule has 0 spiro atoms. The first-order valence-electron chi connectivity index (χ1n) is 7.05. The largest absolute Gasteiger partial charge is 0.481 e. The van der Waals surface area contributed by atoms with Gasteiger partial charge in [-0.2, -0.15) is 0 Å². The molecule has 3 heteroatoms. The average Bonchev–Trinajstić information content (AvgIpc) is 2.61. The number of ether oxygens (including phenoxy) is 1. The van der Waals surface area contributed by atoms with Gasteiger partial charge in [-0.15, -0.1) is 11.8 Å². The Balaban J connectivity index is 1.80. The smallest absolute Gasteiger partial charge is 0.217 e. The summed E-state index contributed by atoms with van der Waals surface area (Å²) in [7, 11) is 1.67. The van der Waals surface area contributed by atoms with Crippen LogP contribution in [-0.4, -0.2) is 12.1 Å². The van der Waals surface area contributed by atoms with Crippen LogP contribution in [0.4, 0.5) is 0 Å². The van der Waals surface area contributed by atoms with Gasteiger partial charge in [0.1, 0.15) is 0 Å². The number of thioether (sulfide) groups is 1. The van der Waals surface area contributed by atoms with E-state index in [0.717, 1.165) is 27.5 Å².